The molecular weight excluding hydrogens is 264 g/mol. The molecule has 1 fully saturated rings. The molecule has 6 heteroatoms. The third-order valence-corrected chi connectivity index (χ3v) is 3.75. The molecule has 6 nitrogen and oxygen atoms in total. The Morgan fingerprint density at radius 3 is 3.14 bits per heavy atom. The van der Waals surface area contributed by atoms with Crippen molar-refractivity contribution in [2.24, 2.45) is 0 Å². The average molecular weight is 280 g/mol. The first-order valence-electron chi connectivity index (χ1n) is 7.12. The molecule has 1 aliphatic heterocycles. The van der Waals surface area contributed by atoms with E-state index in [4.69, 9.17) is 0 Å². The second-order valence-electron chi connectivity index (χ2n) is 5.21. The van der Waals surface area contributed by atoms with E-state index in [0.29, 0.717) is 6.04 Å². The average Bonchev–Trinajstić information content (AvgIpc) is 3.16. The Balaban J connectivity index is 1.68. The summed E-state index contributed by atoms with van der Waals surface area (Å²) in [5.74, 6) is 0.816. The predicted octanol–water partition coefficient (Wildman–Crippen LogP) is 1.57. The molecule has 0 bridgehead atoms. The highest BCUT2D eigenvalue weighted by Gasteiger charge is 2.15. The molecule has 3 aromatic rings. The van der Waals surface area contributed by atoms with Gasteiger partial charge >= 0.3 is 0 Å². The number of anilines is 1. The van der Waals surface area contributed by atoms with Gasteiger partial charge in [0.2, 0.25) is 0 Å². The number of hydrogen-bond donors (Lipinski definition) is 2. The van der Waals surface area contributed by atoms with Crippen LogP contribution in [0.2, 0.25) is 0 Å². The van der Waals surface area contributed by atoms with Gasteiger partial charge in [-0.2, -0.15) is 5.10 Å². The van der Waals surface area contributed by atoms with Crippen molar-refractivity contribution in [3.63, 3.8) is 0 Å². The maximum absolute atomic E-state index is 4.67. The van der Waals surface area contributed by atoms with Crippen LogP contribution >= 0.6 is 0 Å². The fraction of sp³-hybridized carbons (Fsp3) is 0.267. The topological polar surface area (TPSA) is 67.1 Å². The summed E-state index contributed by atoms with van der Waals surface area (Å²) in [6.45, 7) is 2.03. The lowest BCUT2D eigenvalue weighted by Gasteiger charge is -2.12. The van der Waals surface area contributed by atoms with Crippen LogP contribution in [0.1, 0.15) is 6.42 Å². The fourth-order valence-corrected chi connectivity index (χ4v) is 2.68. The van der Waals surface area contributed by atoms with Crippen molar-refractivity contribution < 1.29 is 0 Å². The molecule has 0 aromatic carbocycles. The Morgan fingerprint density at radius 1 is 1.24 bits per heavy atom. The number of nitrogens with one attached hydrogen (secondary N) is 2. The van der Waals surface area contributed by atoms with Crippen LogP contribution in [-0.4, -0.2) is 38.7 Å². The van der Waals surface area contributed by atoms with Gasteiger partial charge in [-0.1, -0.05) is 6.07 Å². The lowest BCUT2D eigenvalue weighted by Crippen LogP contribution is -2.22. The molecule has 0 aliphatic carbocycles. The van der Waals surface area contributed by atoms with E-state index < -0.39 is 0 Å². The molecule has 1 aliphatic rings. The Morgan fingerprint density at radius 2 is 2.24 bits per heavy atom. The molecule has 4 heterocycles. The highest BCUT2D eigenvalue weighted by atomic mass is 15.2. The molecule has 1 saturated heterocycles. The van der Waals surface area contributed by atoms with Crippen molar-refractivity contribution in [2.75, 3.05) is 18.4 Å². The van der Waals surface area contributed by atoms with E-state index in [1.54, 1.807) is 12.4 Å². The van der Waals surface area contributed by atoms with Gasteiger partial charge in [-0.05, 0) is 25.1 Å². The third-order valence-electron chi connectivity index (χ3n) is 3.75. The largest absolute Gasteiger partial charge is 0.365 e. The molecule has 3 aromatic heterocycles. The molecule has 0 radical (unpaired) electrons. The predicted molar refractivity (Wildman–Crippen MR) is 81.1 cm³/mol. The van der Waals surface area contributed by atoms with E-state index in [9.17, 15) is 0 Å². The van der Waals surface area contributed by atoms with Crippen molar-refractivity contribution in [1.82, 2.24) is 24.9 Å². The summed E-state index contributed by atoms with van der Waals surface area (Å²) < 4.78 is 1.85. The van der Waals surface area contributed by atoms with Crippen LogP contribution in [0.3, 0.4) is 0 Å². The van der Waals surface area contributed by atoms with Gasteiger partial charge in [-0.25, -0.2) is 9.50 Å². The summed E-state index contributed by atoms with van der Waals surface area (Å²) in [5.41, 5.74) is 2.87. The zero-order chi connectivity index (χ0) is 14.1. The Kier molecular flexibility index (Phi) is 3.01. The van der Waals surface area contributed by atoms with E-state index in [0.717, 1.165) is 42.1 Å². The quantitative estimate of drug-likeness (QED) is 0.762. The maximum atomic E-state index is 4.67. The minimum Gasteiger partial charge on any atom is -0.365 e. The first-order chi connectivity index (χ1) is 10.4. The number of fused-ring (bicyclic) bond motifs is 1. The maximum Gasteiger partial charge on any atom is 0.145 e. The molecule has 0 amide bonds. The monoisotopic (exact) mass is 280 g/mol. The second kappa shape index (κ2) is 5.14. The summed E-state index contributed by atoms with van der Waals surface area (Å²) in [6, 6.07) is 6.42. The number of aromatic nitrogens is 4. The van der Waals surface area contributed by atoms with Gasteiger partial charge in [-0.3, -0.25) is 4.98 Å². The molecule has 1 atom stereocenters. The van der Waals surface area contributed by atoms with Crippen LogP contribution in [0.15, 0.2) is 43.0 Å². The molecule has 0 saturated carbocycles. The number of rotatable bonds is 3. The third kappa shape index (κ3) is 2.34. The van der Waals surface area contributed by atoms with Gasteiger partial charge in [0, 0.05) is 24.3 Å². The van der Waals surface area contributed by atoms with Crippen molar-refractivity contribution in [3.8, 4) is 11.3 Å². The van der Waals surface area contributed by atoms with Crippen LogP contribution in [0, 0.1) is 0 Å². The van der Waals surface area contributed by atoms with Gasteiger partial charge in [0.15, 0.2) is 0 Å². The van der Waals surface area contributed by atoms with Gasteiger partial charge in [0.05, 0.1) is 29.8 Å². The molecule has 4 rings (SSSR count). The first-order valence-corrected chi connectivity index (χ1v) is 7.12. The summed E-state index contributed by atoms with van der Waals surface area (Å²) in [6.07, 6.45) is 8.43. The minimum atomic E-state index is 0.429. The molecule has 0 spiro atoms. The molecule has 1 unspecified atom stereocenters. The standard InChI is InChI=1S/C15H16N6/c1-2-6-21-14(3-1)12(8-18-21)13-9-17-10-15(20-13)19-11-4-5-16-7-11/h1-3,6,8-11,16H,4-5,7H2,(H,19,20). The molecule has 106 valence electrons. The van der Waals surface area contributed by atoms with Crippen molar-refractivity contribution in [3.05, 3.63) is 43.0 Å². The number of pyridine rings is 1. The van der Waals surface area contributed by atoms with Crippen LogP contribution in [0.4, 0.5) is 5.82 Å². The molecule has 21 heavy (non-hydrogen) atoms. The van der Waals surface area contributed by atoms with E-state index in [2.05, 4.69) is 25.7 Å². The van der Waals surface area contributed by atoms with Crippen molar-refractivity contribution in [2.45, 2.75) is 12.5 Å². The van der Waals surface area contributed by atoms with Crippen molar-refractivity contribution in [1.29, 1.82) is 0 Å². The fourth-order valence-electron chi connectivity index (χ4n) is 2.68. The summed E-state index contributed by atoms with van der Waals surface area (Å²) in [7, 11) is 0. The summed E-state index contributed by atoms with van der Waals surface area (Å²) in [5, 5.41) is 11.1. The van der Waals surface area contributed by atoms with E-state index in [-0.39, 0.29) is 0 Å². The number of hydrogen-bond acceptors (Lipinski definition) is 5. The van der Waals surface area contributed by atoms with Gasteiger partial charge in [0.1, 0.15) is 5.82 Å². The molecule has 2 N–H and O–H groups in total. The highest BCUT2D eigenvalue weighted by molar-refractivity contribution is 5.77. The lowest BCUT2D eigenvalue weighted by molar-refractivity contribution is 0.787. The Hall–Kier alpha value is -2.47. The van der Waals surface area contributed by atoms with Crippen LogP contribution in [0.5, 0.6) is 0 Å². The smallest absolute Gasteiger partial charge is 0.145 e. The van der Waals surface area contributed by atoms with Crippen LogP contribution in [-0.2, 0) is 0 Å². The van der Waals surface area contributed by atoms with Crippen LogP contribution in [0.25, 0.3) is 16.8 Å². The first kappa shape index (κ1) is 12.3. The van der Waals surface area contributed by atoms with Gasteiger partial charge < -0.3 is 10.6 Å². The molecular formula is C15H16N6. The van der Waals surface area contributed by atoms with E-state index in [1.165, 1.54) is 0 Å². The van der Waals surface area contributed by atoms with E-state index >= 15 is 0 Å². The van der Waals surface area contributed by atoms with Gasteiger partial charge in [-0.15, -0.1) is 0 Å². The van der Waals surface area contributed by atoms with Crippen LogP contribution < -0.4 is 10.6 Å². The van der Waals surface area contributed by atoms with Gasteiger partial charge in [0.25, 0.3) is 0 Å². The lowest BCUT2D eigenvalue weighted by atomic mass is 10.2. The second-order valence-corrected chi connectivity index (χ2v) is 5.21. The SMILES string of the molecule is c1ccn2ncc(-c3cncc(NC4CCNC4)n3)c2c1. The summed E-state index contributed by atoms with van der Waals surface area (Å²) >= 11 is 0. The normalized spacial score (nSPS) is 18.2. The van der Waals surface area contributed by atoms with E-state index in [1.807, 2.05) is 35.1 Å². The zero-order valence-corrected chi connectivity index (χ0v) is 11.5. The van der Waals surface area contributed by atoms with Crippen molar-refractivity contribution >= 4 is 11.3 Å². The Labute approximate surface area is 122 Å². The highest BCUT2D eigenvalue weighted by Crippen LogP contribution is 2.23. The number of nitrogens with zero attached hydrogens (tertiary/aromatic N) is 4. The minimum absolute atomic E-state index is 0.429. The zero-order valence-electron chi connectivity index (χ0n) is 11.5. The Bertz CT molecular complexity index is 759. The summed E-state index contributed by atoms with van der Waals surface area (Å²) in [4.78, 5) is 8.98.